The predicted octanol–water partition coefficient (Wildman–Crippen LogP) is 1.48. The maximum atomic E-state index is 11.7. The molecule has 1 heterocycles. The van der Waals surface area contributed by atoms with Crippen LogP contribution in [0.1, 0.15) is 26.3 Å². The number of rotatable bonds is 7. The lowest BCUT2D eigenvalue weighted by molar-refractivity contribution is -0.0940. The fraction of sp³-hybridized carbons (Fsp3) is 0.579. The van der Waals surface area contributed by atoms with E-state index >= 15 is 0 Å². The SMILES string of the molecule is CC(C)(C)OC(=O)NCC1(O)CN(CCNC(=O)OCc2ccccc2)C1. The molecule has 0 radical (unpaired) electrons. The molecule has 1 aliphatic rings. The van der Waals surface area contributed by atoms with Gasteiger partial charge in [0.25, 0.3) is 0 Å². The van der Waals surface area contributed by atoms with Gasteiger partial charge in [-0.05, 0) is 26.3 Å². The minimum atomic E-state index is -0.968. The fourth-order valence-corrected chi connectivity index (χ4v) is 2.70. The molecule has 0 atom stereocenters. The second-order valence-corrected chi connectivity index (χ2v) is 7.78. The van der Waals surface area contributed by atoms with Crippen molar-refractivity contribution in [2.24, 2.45) is 0 Å². The van der Waals surface area contributed by atoms with E-state index in [1.54, 1.807) is 20.8 Å². The van der Waals surface area contributed by atoms with Crippen LogP contribution in [-0.2, 0) is 16.1 Å². The number of benzene rings is 1. The number of amides is 2. The molecule has 0 spiro atoms. The van der Waals surface area contributed by atoms with Crippen molar-refractivity contribution in [1.82, 2.24) is 15.5 Å². The van der Waals surface area contributed by atoms with Crippen molar-refractivity contribution >= 4 is 12.2 Å². The zero-order valence-corrected chi connectivity index (χ0v) is 16.2. The summed E-state index contributed by atoms with van der Waals surface area (Å²) >= 11 is 0. The highest BCUT2D eigenvalue weighted by molar-refractivity contribution is 5.68. The van der Waals surface area contributed by atoms with E-state index in [4.69, 9.17) is 9.47 Å². The molecule has 8 nitrogen and oxygen atoms in total. The third-order valence-corrected chi connectivity index (χ3v) is 3.91. The van der Waals surface area contributed by atoms with Gasteiger partial charge < -0.3 is 25.2 Å². The molecule has 1 aliphatic heterocycles. The summed E-state index contributed by atoms with van der Waals surface area (Å²) in [6, 6.07) is 9.46. The van der Waals surface area contributed by atoms with Crippen LogP contribution in [0.2, 0.25) is 0 Å². The van der Waals surface area contributed by atoms with Gasteiger partial charge in [-0.3, -0.25) is 4.90 Å². The number of alkyl carbamates (subject to hydrolysis) is 2. The predicted molar refractivity (Wildman–Crippen MR) is 100 cm³/mol. The van der Waals surface area contributed by atoms with Gasteiger partial charge >= 0.3 is 12.2 Å². The Morgan fingerprint density at radius 3 is 2.44 bits per heavy atom. The van der Waals surface area contributed by atoms with Gasteiger partial charge in [0, 0.05) is 26.2 Å². The smallest absolute Gasteiger partial charge is 0.407 e. The monoisotopic (exact) mass is 379 g/mol. The van der Waals surface area contributed by atoms with Crippen molar-refractivity contribution in [3.8, 4) is 0 Å². The second kappa shape index (κ2) is 9.05. The average Bonchev–Trinajstić information content (AvgIpc) is 2.56. The molecule has 1 aromatic carbocycles. The van der Waals surface area contributed by atoms with E-state index in [2.05, 4.69) is 10.6 Å². The largest absolute Gasteiger partial charge is 0.445 e. The zero-order chi connectivity index (χ0) is 19.9. The first kappa shape index (κ1) is 21.0. The van der Waals surface area contributed by atoms with E-state index < -0.39 is 23.4 Å². The zero-order valence-electron chi connectivity index (χ0n) is 16.2. The molecule has 0 aliphatic carbocycles. The van der Waals surface area contributed by atoms with Crippen LogP contribution in [-0.4, -0.2) is 66.1 Å². The normalized spacial score (nSPS) is 16.1. The number of carbonyl (C=O) groups excluding carboxylic acids is 2. The van der Waals surface area contributed by atoms with Gasteiger partial charge in [0.1, 0.15) is 17.8 Å². The van der Waals surface area contributed by atoms with Crippen LogP contribution in [0.4, 0.5) is 9.59 Å². The van der Waals surface area contributed by atoms with Gasteiger partial charge in [0.15, 0.2) is 0 Å². The van der Waals surface area contributed by atoms with E-state index in [0.717, 1.165) is 5.56 Å². The van der Waals surface area contributed by atoms with Gasteiger partial charge in [0.05, 0.1) is 6.54 Å². The highest BCUT2D eigenvalue weighted by Crippen LogP contribution is 2.19. The Kier molecular flexibility index (Phi) is 7.04. The van der Waals surface area contributed by atoms with Crippen LogP contribution in [0, 0.1) is 0 Å². The lowest BCUT2D eigenvalue weighted by atomic mass is 9.94. The molecule has 1 fully saturated rings. The maximum Gasteiger partial charge on any atom is 0.407 e. The molecule has 1 aromatic rings. The molecule has 1 saturated heterocycles. The highest BCUT2D eigenvalue weighted by Gasteiger charge is 2.41. The van der Waals surface area contributed by atoms with Gasteiger partial charge in [-0.15, -0.1) is 0 Å². The second-order valence-electron chi connectivity index (χ2n) is 7.78. The van der Waals surface area contributed by atoms with Crippen molar-refractivity contribution < 1.29 is 24.2 Å². The molecular formula is C19H29N3O5. The molecule has 0 bridgehead atoms. The molecular weight excluding hydrogens is 350 g/mol. The average molecular weight is 379 g/mol. The van der Waals surface area contributed by atoms with E-state index in [1.807, 2.05) is 35.2 Å². The maximum absolute atomic E-state index is 11.7. The molecule has 3 N–H and O–H groups in total. The minimum Gasteiger partial charge on any atom is -0.445 e. The number of nitrogens with one attached hydrogen (secondary N) is 2. The fourth-order valence-electron chi connectivity index (χ4n) is 2.70. The van der Waals surface area contributed by atoms with Gasteiger partial charge in [-0.1, -0.05) is 30.3 Å². The third kappa shape index (κ3) is 7.84. The van der Waals surface area contributed by atoms with Gasteiger partial charge in [-0.25, -0.2) is 9.59 Å². The van der Waals surface area contributed by atoms with Crippen LogP contribution < -0.4 is 10.6 Å². The molecule has 2 rings (SSSR count). The topological polar surface area (TPSA) is 100 Å². The Morgan fingerprint density at radius 1 is 1.15 bits per heavy atom. The number of nitrogens with zero attached hydrogens (tertiary/aromatic N) is 1. The lowest BCUT2D eigenvalue weighted by Gasteiger charge is -2.46. The van der Waals surface area contributed by atoms with Crippen LogP contribution >= 0.6 is 0 Å². The van der Waals surface area contributed by atoms with E-state index in [-0.39, 0.29) is 13.2 Å². The number of ether oxygens (including phenoxy) is 2. The first-order valence-corrected chi connectivity index (χ1v) is 9.01. The summed E-state index contributed by atoms with van der Waals surface area (Å²) in [6.07, 6.45) is -1.02. The molecule has 150 valence electrons. The lowest BCUT2D eigenvalue weighted by Crippen LogP contribution is -2.67. The van der Waals surface area contributed by atoms with Crippen molar-refractivity contribution in [3.05, 3.63) is 35.9 Å². The third-order valence-electron chi connectivity index (χ3n) is 3.91. The number of likely N-dealkylation sites (tertiary alicyclic amines) is 1. The Labute approximate surface area is 159 Å². The molecule has 8 heteroatoms. The molecule has 0 saturated carbocycles. The number of β-amino-alcohol motifs (C(OH)–C–C–N with tert-alkyl or cyclic N) is 1. The summed E-state index contributed by atoms with van der Waals surface area (Å²) in [5.41, 5.74) is -0.609. The van der Waals surface area contributed by atoms with E-state index in [0.29, 0.717) is 26.2 Å². The summed E-state index contributed by atoms with van der Waals surface area (Å²) in [5.74, 6) is 0. The van der Waals surface area contributed by atoms with Gasteiger partial charge in [0.2, 0.25) is 0 Å². The number of carbonyl (C=O) groups is 2. The van der Waals surface area contributed by atoms with Gasteiger partial charge in [-0.2, -0.15) is 0 Å². The van der Waals surface area contributed by atoms with E-state index in [9.17, 15) is 14.7 Å². The molecule has 0 unspecified atom stereocenters. The molecule has 2 amide bonds. The highest BCUT2D eigenvalue weighted by atomic mass is 16.6. The number of hydrogen-bond donors (Lipinski definition) is 3. The van der Waals surface area contributed by atoms with Crippen LogP contribution in [0.25, 0.3) is 0 Å². The Balaban J connectivity index is 1.55. The summed E-state index contributed by atoms with van der Waals surface area (Å²) < 4.78 is 10.3. The van der Waals surface area contributed by atoms with Crippen LogP contribution in [0.5, 0.6) is 0 Å². The molecule has 0 aromatic heterocycles. The number of hydrogen-bond acceptors (Lipinski definition) is 6. The van der Waals surface area contributed by atoms with E-state index in [1.165, 1.54) is 0 Å². The summed E-state index contributed by atoms with van der Waals surface area (Å²) in [7, 11) is 0. The Morgan fingerprint density at radius 2 is 1.81 bits per heavy atom. The first-order valence-electron chi connectivity index (χ1n) is 9.01. The van der Waals surface area contributed by atoms with Crippen molar-refractivity contribution in [2.75, 3.05) is 32.7 Å². The standard InChI is InChI=1S/C19H29N3O5/c1-18(2,3)27-17(24)21-12-19(25)13-22(14-19)10-9-20-16(23)26-11-15-7-5-4-6-8-15/h4-8,25H,9-14H2,1-3H3,(H,20,23)(H,21,24). The summed E-state index contributed by atoms with van der Waals surface area (Å²) in [4.78, 5) is 25.3. The van der Waals surface area contributed by atoms with Crippen LogP contribution in [0.15, 0.2) is 30.3 Å². The summed E-state index contributed by atoms with van der Waals surface area (Å²) in [6.45, 7) is 7.56. The van der Waals surface area contributed by atoms with Crippen molar-refractivity contribution in [1.29, 1.82) is 0 Å². The quantitative estimate of drug-likeness (QED) is 0.664. The molecule has 27 heavy (non-hydrogen) atoms. The van der Waals surface area contributed by atoms with Crippen molar-refractivity contribution in [3.63, 3.8) is 0 Å². The minimum absolute atomic E-state index is 0.130. The Bertz CT molecular complexity index is 624. The Hall–Kier alpha value is -2.32. The number of aliphatic hydroxyl groups is 1. The first-order chi connectivity index (χ1) is 12.7. The van der Waals surface area contributed by atoms with Crippen molar-refractivity contribution in [2.45, 2.75) is 38.6 Å². The van der Waals surface area contributed by atoms with Crippen LogP contribution in [0.3, 0.4) is 0 Å². The summed E-state index contributed by atoms with van der Waals surface area (Å²) in [5, 5.41) is 15.6.